The minimum atomic E-state index is -3.37. The lowest BCUT2D eigenvalue weighted by Gasteiger charge is -2.38. The molecule has 8 heteroatoms. The van der Waals surface area contributed by atoms with Crippen LogP contribution in [0.25, 0.3) is 0 Å². The predicted octanol–water partition coefficient (Wildman–Crippen LogP) is -0.788. The molecule has 0 aromatic carbocycles. The normalized spacial score (nSPS) is 20.1. The number of nitrogens with two attached hydrogens (primary N) is 1. The molecule has 1 saturated heterocycles. The van der Waals surface area contributed by atoms with E-state index in [1.54, 1.807) is 7.11 Å². The second kappa shape index (κ2) is 8.91. The molecule has 7 nitrogen and oxygen atoms in total. The van der Waals surface area contributed by atoms with Crippen LogP contribution in [-0.4, -0.2) is 76.6 Å². The molecule has 1 heterocycles. The first-order valence-electron chi connectivity index (χ1n) is 7.23. The van der Waals surface area contributed by atoms with Crippen molar-refractivity contribution in [2.75, 3.05) is 53.0 Å². The first kappa shape index (κ1) is 17.8. The number of hydrogen-bond donors (Lipinski definition) is 2. The number of piperazine rings is 1. The maximum absolute atomic E-state index is 12.1. The molecular weight excluding hydrogens is 280 g/mol. The third kappa shape index (κ3) is 5.27. The van der Waals surface area contributed by atoms with Gasteiger partial charge in [-0.3, -0.25) is 4.90 Å². The van der Waals surface area contributed by atoms with E-state index in [1.807, 2.05) is 0 Å². The van der Waals surface area contributed by atoms with Crippen molar-refractivity contribution in [3.05, 3.63) is 0 Å². The summed E-state index contributed by atoms with van der Waals surface area (Å²) in [4.78, 5) is 2.34. The standard InChI is InChI=1S/C12H28N4O3S/c1-3-12(4-5-13)15-7-9-16(10-8-15)20(17,18)14-6-11-19-2/h12,14H,3-11,13H2,1-2H3. The van der Waals surface area contributed by atoms with Crippen molar-refractivity contribution in [2.45, 2.75) is 25.8 Å². The molecule has 1 aliphatic rings. The number of hydrogen-bond acceptors (Lipinski definition) is 5. The predicted molar refractivity (Wildman–Crippen MR) is 79.7 cm³/mol. The molecule has 1 fully saturated rings. The summed E-state index contributed by atoms with van der Waals surface area (Å²) in [6.07, 6.45) is 2.02. The average Bonchev–Trinajstić information content (AvgIpc) is 2.45. The third-order valence-electron chi connectivity index (χ3n) is 3.69. The van der Waals surface area contributed by atoms with Gasteiger partial charge in [0.05, 0.1) is 6.61 Å². The second-order valence-corrected chi connectivity index (χ2v) is 6.72. The highest BCUT2D eigenvalue weighted by Gasteiger charge is 2.28. The fraction of sp³-hybridized carbons (Fsp3) is 1.00. The molecular formula is C12H28N4O3S. The van der Waals surface area contributed by atoms with Crippen LogP contribution in [0.15, 0.2) is 0 Å². The lowest BCUT2D eigenvalue weighted by Crippen LogP contribution is -2.54. The molecule has 0 amide bonds. The Morgan fingerprint density at radius 2 is 1.95 bits per heavy atom. The first-order chi connectivity index (χ1) is 9.55. The van der Waals surface area contributed by atoms with Gasteiger partial charge in [-0.1, -0.05) is 6.92 Å². The lowest BCUT2D eigenvalue weighted by molar-refractivity contribution is 0.128. The molecule has 1 aliphatic heterocycles. The molecule has 20 heavy (non-hydrogen) atoms. The number of nitrogens with zero attached hydrogens (tertiary/aromatic N) is 2. The van der Waals surface area contributed by atoms with Gasteiger partial charge >= 0.3 is 0 Å². The fourth-order valence-electron chi connectivity index (χ4n) is 2.51. The Balaban J connectivity index is 2.44. The Morgan fingerprint density at radius 1 is 1.30 bits per heavy atom. The van der Waals surface area contributed by atoms with E-state index >= 15 is 0 Å². The molecule has 0 spiro atoms. The molecule has 0 aromatic rings. The van der Waals surface area contributed by atoms with Crippen LogP contribution in [0.1, 0.15) is 19.8 Å². The van der Waals surface area contributed by atoms with Gasteiger partial charge in [0, 0.05) is 45.9 Å². The quantitative estimate of drug-likeness (QED) is 0.545. The van der Waals surface area contributed by atoms with Crippen LogP contribution >= 0.6 is 0 Å². The smallest absolute Gasteiger partial charge is 0.279 e. The highest BCUT2D eigenvalue weighted by Crippen LogP contribution is 2.13. The SMILES string of the molecule is CCC(CCN)N1CCN(S(=O)(=O)NCCOC)CC1. The van der Waals surface area contributed by atoms with E-state index in [4.69, 9.17) is 10.5 Å². The Hall–Kier alpha value is -0.250. The summed E-state index contributed by atoms with van der Waals surface area (Å²) in [6, 6.07) is 0.464. The van der Waals surface area contributed by atoms with Gasteiger partial charge in [0.2, 0.25) is 0 Å². The topological polar surface area (TPSA) is 87.9 Å². The summed E-state index contributed by atoms with van der Waals surface area (Å²) >= 11 is 0. The molecule has 0 saturated carbocycles. The van der Waals surface area contributed by atoms with E-state index in [1.165, 1.54) is 4.31 Å². The monoisotopic (exact) mass is 308 g/mol. The zero-order valence-corrected chi connectivity index (χ0v) is 13.4. The van der Waals surface area contributed by atoms with Crippen molar-refractivity contribution in [1.82, 2.24) is 13.9 Å². The van der Waals surface area contributed by atoms with Crippen molar-refractivity contribution >= 4 is 10.2 Å². The highest BCUT2D eigenvalue weighted by molar-refractivity contribution is 7.87. The van der Waals surface area contributed by atoms with Crippen molar-refractivity contribution < 1.29 is 13.2 Å². The number of methoxy groups -OCH3 is 1. The van der Waals surface area contributed by atoms with Crippen LogP contribution in [0.4, 0.5) is 0 Å². The van der Waals surface area contributed by atoms with Gasteiger partial charge in [-0.2, -0.15) is 17.4 Å². The van der Waals surface area contributed by atoms with Gasteiger partial charge in [-0.15, -0.1) is 0 Å². The Kier molecular flexibility index (Phi) is 7.93. The van der Waals surface area contributed by atoms with E-state index < -0.39 is 10.2 Å². The summed E-state index contributed by atoms with van der Waals surface area (Å²) in [6.45, 7) is 6.11. The van der Waals surface area contributed by atoms with Crippen LogP contribution in [0.3, 0.4) is 0 Å². The molecule has 1 unspecified atom stereocenters. The van der Waals surface area contributed by atoms with Gasteiger partial charge in [0.25, 0.3) is 10.2 Å². The van der Waals surface area contributed by atoms with Crippen LogP contribution in [-0.2, 0) is 14.9 Å². The third-order valence-corrected chi connectivity index (χ3v) is 5.31. The molecule has 0 aromatic heterocycles. The zero-order valence-electron chi connectivity index (χ0n) is 12.5. The van der Waals surface area contributed by atoms with Gasteiger partial charge in [-0.05, 0) is 19.4 Å². The number of rotatable bonds is 9. The summed E-state index contributed by atoms with van der Waals surface area (Å²) in [5.74, 6) is 0. The maximum atomic E-state index is 12.1. The lowest BCUT2D eigenvalue weighted by atomic mass is 10.1. The van der Waals surface area contributed by atoms with Crippen molar-refractivity contribution in [1.29, 1.82) is 0 Å². The molecule has 1 rings (SSSR count). The molecule has 120 valence electrons. The van der Waals surface area contributed by atoms with Crippen LogP contribution in [0.2, 0.25) is 0 Å². The summed E-state index contributed by atoms with van der Waals surface area (Å²) in [5, 5.41) is 0. The Labute approximate surface area is 122 Å². The molecule has 0 bridgehead atoms. The summed E-state index contributed by atoms with van der Waals surface area (Å²) in [5.41, 5.74) is 5.62. The Morgan fingerprint density at radius 3 is 2.45 bits per heavy atom. The van der Waals surface area contributed by atoms with Crippen LogP contribution in [0, 0.1) is 0 Å². The van der Waals surface area contributed by atoms with Crippen LogP contribution in [0.5, 0.6) is 0 Å². The van der Waals surface area contributed by atoms with Crippen LogP contribution < -0.4 is 10.5 Å². The van der Waals surface area contributed by atoms with Gasteiger partial charge in [0.1, 0.15) is 0 Å². The minimum Gasteiger partial charge on any atom is -0.383 e. The second-order valence-electron chi connectivity index (χ2n) is 4.97. The average molecular weight is 308 g/mol. The van der Waals surface area contributed by atoms with E-state index in [-0.39, 0.29) is 0 Å². The minimum absolute atomic E-state index is 0.309. The van der Waals surface area contributed by atoms with Crippen molar-refractivity contribution in [3.8, 4) is 0 Å². The van der Waals surface area contributed by atoms with E-state index in [9.17, 15) is 8.42 Å². The van der Waals surface area contributed by atoms with E-state index in [0.29, 0.717) is 38.8 Å². The Bertz CT molecular complexity index is 356. The number of ether oxygens (including phenoxy) is 1. The van der Waals surface area contributed by atoms with E-state index in [2.05, 4.69) is 16.5 Å². The first-order valence-corrected chi connectivity index (χ1v) is 8.67. The molecule has 1 atom stereocenters. The summed E-state index contributed by atoms with van der Waals surface area (Å²) in [7, 11) is -1.82. The zero-order chi connectivity index (χ0) is 15.0. The highest BCUT2D eigenvalue weighted by atomic mass is 32.2. The van der Waals surface area contributed by atoms with Gasteiger partial charge in [-0.25, -0.2) is 0 Å². The maximum Gasteiger partial charge on any atom is 0.279 e. The van der Waals surface area contributed by atoms with E-state index in [0.717, 1.165) is 25.9 Å². The molecule has 0 aliphatic carbocycles. The number of nitrogens with one attached hydrogen (secondary N) is 1. The molecule has 0 radical (unpaired) electrons. The molecule has 3 N–H and O–H groups in total. The summed E-state index contributed by atoms with van der Waals surface area (Å²) < 4.78 is 33.0. The fourth-order valence-corrected chi connectivity index (χ4v) is 3.68. The largest absolute Gasteiger partial charge is 0.383 e. The van der Waals surface area contributed by atoms with Crippen molar-refractivity contribution in [2.24, 2.45) is 5.73 Å². The van der Waals surface area contributed by atoms with Gasteiger partial charge < -0.3 is 10.5 Å². The van der Waals surface area contributed by atoms with Crippen molar-refractivity contribution in [3.63, 3.8) is 0 Å². The van der Waals surface area contributed by atoms with Gasteiger partial charge in [0.15, 0.2) is 0 Å².